The molecule has 0 aliphatic rings. The van der Waals surface area contributed by atoms with Gasteiger partial charge in [0.15, 0.2) is 0 Å². The van der Waals surface area contributed by atoms with E-state index in [9.17, 15) is 17.2 Å². The molecule has 0 unspecified atom stereocenters. The van der Waals surface area contributed by atoms with Gasteiger partial charge >= 0.3 is 6.61 Å². The first kappa shape index (κ1) is 15.5. The molecule has 0 aliphatic carbocycles. The van der Waals surface area contributed by atoms with Gasteiger partial charge in [0.2, 0.25) is 0 Å². The van der Waals surface area contributed by atoms with Crippen LogP contribution in [0.5, 0.6) is 5.75 Å². The fraction of sp³-hybridized carbons (Fsp3) is 0.0769. The fourth-order valence-corrected chi connectivity index (χ4v) is 2.87. The number of hydrogen-bond acceptors (Lipinski definition) is 3. The molecular formula is C13H10ClF2NO3S. The van der Waals surface area contributed by atoms with Crippen LogP contribution in [0.1, 0.15) is 0 Å². The Morgan fingerprint density at radius 3 is 2.33 bits per heavy atom. The Morgan fingerprint density at radius 1 is 1.10 bits per heavy atom. The fourth-order valence-electron chi connectivity index (χ4n) is 1.57. The number of rotatable bonds is 5. The molecule has 0 bridgehead atoms. The average molecular weight is 334 g/mol. The minimum absolute atomic E-state index is 0.0778. The second-order valence-electron chi connectivity index (χ2n) is 3.94. The van der Waals surface area contributed by atoms with Gasteiger partial charge < -0.3 is 4.74 Å². The maximum absolute atomic E-state index is 12.1. The van der Waals surface area contributed by atoms with Crippen molar-refractivity contribution in [2.45, 2.75) is 11.5 Å². The SMILES string of the molecule is O=S(=O)(Nc1ccc(OC(F)F)c(Cl)c1)c1ccccc1. The minimum Gasteiger partial charge on any atom is -0.433 e. The third kappa shape index (κ3) is 4.05. The van der Waals surface area contributed by atoms with Crippen LogP contribution in [-0.2, 0) is 10.0 Å². The van der Waals surface area contributed by atoms with Gasteiger partial charge in [-0.3, -0.25) is 4.72 Å². The lowest BCUT2D eigenvalue weighted by Gasteiger charge is -2.11. The number of nitrogens with one attached hydrogen (secondary N) is 1. The largest absolute Gasteiger partial charge is 0.433 e. The molecule has 0 spiro atoms. The highest BCUT2D eigenvalue weighted by Crippen LogP contribution is 2.29. The van der Waals surface area contributed by atoms with Crippen molar-refractivity contribution in [2.24, 2.45) is 0 Å². The molecule has 0 fully saturated rings. The van der Waals surface area contributed by atoms with Crippen LogP contribution in [0.4, 0.5) is 14.5 Å². The van der Waals surface area contributed by atoms with Crippen molar-refractivity contribution in [1.82, 2.24) is 0 Å². The van der Waals surface area contributed by atoms with Crippen molar-refractivity contribution in [1.29, 1.82) is 0 Å². The van der Waals surface area contributed by atoms with Crippen LogP contribution in [-0.4, -0.2) is 15.0 Å². The molecule has 112 valence electrons. The molecule has 2 rings (SSSR count). The summed E-state index contributed by atoms with van der Waals surface area (Å²) in [4.78, 5) is 0.0778. The van der Waals surface area contributed by atoms with Gasteiger partial charge in [0.05, 0.1) is 15.6 Å². The van der Waals surface area contributed by atoms with E-state index in [0.29, 0.717) is 0 Å². The van der Waals surface area contributed by atoms with Crippen molar-refractivity contribution in [2.75, 3.05) is 4.72 Å². The van der Waals surface area contributed by atoms with Crippen LogP contribution in [0.25, 0.3) is 0 Å². The first-order valence-corrected chi connectivity index (χ1v) is 7.57. The van der Waals surface area contributed by atoms with Crippen molar-refractivity contribution >= 4 is 27.3 Å². The maximum atomic E-state index is 12.1. The van der Waals surface area contributed by atoms with Gasteiger partial charge in [0.1, 0.15) is 5.75 Å². The first-order chi connectivity index (χ1) is 9.88. The molecule has 0 atom stereocenters. The van der Waals surface area contributed by atoms with Gasteiger partial charge in [0.25, 0.3) is 10.0 Å². The van der Waals surface area contributed by atoms with E-state index in [4.69, 9.17) is 11.6 Å². The quantitative estimate of drug-likeness (QED) is 0.906. The normalized spacial score (nSPS) is 11.4. The second kappa shape index (κ2) is 6.28. The van der Waals surface area contributed by atoms with Crippen LogP contribution < -0.4 is 9.46 Å². The number of anilines is 1. The summed E-state index contributed by atoms with van der Waals surface area (Å²) in [5.41, 5.74) is 0.144. The number of benzene rings is 2. The van der Waals surface area contributed by atoms with E-state index in [0.717, 1.165) is 6.07 Å². The zero-order valence-corrected chi connectivity index (χ0v) is 12.0. The Bertz CT molecular complexity index is 723. The Hall–Kier alpha value is -1.86. The van der Waals surface area contributed by atoms with Gasteiger partial charge in [-0.05, 0) is 30.3 Å². The second-order valence-corrected chi connectivity index (χ2v) is 6.03. The molecule has 4 nitrogen and oxygen atoms in total. The van der Waals surface area contributed by atoms with Gasteiger partial charge in [-0.2, -0.15) is 8.78 Å². The molecule has 2 aromatic carbocycles. The number of sulfonamides is 1. The molecule has 0 saturated carbocycles. The molecule has 0 amide bonds. The Balaban J connectivity index is 2.23. The number of halogens is 3. The monoisotopic (exact) mass is 333 g/mol. The molecule has 0 heterocycles. The summed E-state index contributed by atoms with van der Waals surface area (Å²) in [7, 11) is -3.76. The molecule has 0 aromatic heterocycles. The highest BCUT2D eigenvalue weighted by Gasteiger charge is 2.15. The lowest BCUT2D eigenvalue weighted by Crippen LogP contribution is -2.12. The zero-order chi connectivity index (χ0) is 15.5. The highest BCUT2D eigenvalue weighted by molar-refractivity contribution is 7.92. The van der Waals surface area contributed by atoms with Crippen LogP contribution >= 0.6 is 11.6 Å². The third-order valence-corrected chi connectivity index (χ3v) is 4.15. The smallest absolute Gasteiger partial charge is 0.387 e. The third-order valence-electron chi connectivity index (χ3n) is 2.45. The highest BCUT2D eigenvalue weighted by atomic mass is 35.5. The lowest BCUT2D eigenvalue weighted by molar-refractivity contribution is -0.0497. The maximum Gasteiger partial charge on any atom is 0.387 e. The van der Waals surface area contributed by atoms with E-state index in [1.807, 2.05) is 0 Å². The standard InChI is InChI=1S/C13H10ClF2NO3S/c14-11-8-9(6-7-12(11)20-13(15)16)17-21(18,19)10-4-2-1-3-5-10/h1-8,13,17H. The van der Waals surface area contributed by atoms with E-state index in [2.05, 4.69) is 9.46 Å². The van der Waals surface area contributed by atoms with Crippen molar-refractivity contribution < 1.29 is 21.9 Å². The molecular weight excluding hydrogens is 324 g/mol. The van der Waals surface area contributed by atoms with Crippen molar-refractivity contribution in [3.63, 3.8) is 0 Å². The van der Waals surface area contributed by atoms with E-state index in [1.165, 1.54) is 24.3 Å². The minimum atomic E-state index is -3.76. The first-order valence-electron chi connectivity index (χ1n) is 5.71. The van der Waals surface area contributed by atoms with Crippen molar-refractivity contribution in [3.8, 4) is 5.75 Å². The van der Waals surface area contributed by atoms with E-state index in [1.54, 1.807) is 18.2 Å². The molecule has 8 heteroatoms. The van der Waals surface area contributed by atoms with Crippen LogP contribution in [0.15, 0.2) is 53.4 Å². The summed E-state index contributed by atoms with van der Waals surface area (Å²) >= 11 is 5.76. The molecule has 2 aromatic rings. The Labute approximate surface area is 125 Å². The molecule has 1 N–H and O–H groups in total. The van der Waals surface area contributed by atoms with Gasteiger partial charge in [-0.15, -0.1) is 0 Å². The molecule has 0 aliphatic heterocycles. The van der Waals surface area contributed by atoms with Crippen LogP contribution in [0.3, 0.4) is 0 Å². The predicted octanol–water partition coefficient (Wildman–Crippen LogP) is 3.74. The zero-order valence-electron chi connectivity index (χ0n) is 10.5. The van der Waals surface area contributed by atoms with E-state index in [-0.39, 0.29) is 21.4 Å². The summed E-state index contributed by atoms with van der Waals surface area (Å²) < 4.78 is 54.8. The van der Waals surface area contributed by atoms with Gasteiger partial charge in [-0.25, -0.2) is 8.42 Å². The lowest BCUT2D eigenvalue weighted by atomic mass is 10.3. The number of alkyl halides is 2. The predicted molar refractivity (Wildman–Crippen MR) is 75.3 cm³/mol. The van der Waals surface area contributed by atoms with Crippen LogP contribution in [0.2, 0.25) is 5.02 Å². The summed E-state index contributed by atoms with van der Waals surface area (Å²) in [5.74, 6) is -0.227. The summed E-state index contributed by atoms with van der Waals surface area (Å²) in [6.45, 7) is -3.01. The number of hydrogen-bond donors (Lipinski definition) is 1. The molecule has 0 radical (unpaired) electrons. The van der Waals surface area contributed by atoms with Gasteiger partial charge in [0, 0.05) is 0 Å². The average Bonchev–Trinajstić information content (AvgIpc) is 2.42. The van der Waals surface area contributed by atoms with E-state index >= 15 is 0 Å². The summed E-state index contributed by atoms with van der Waals surface area (Å²) in [5, 5.41) is -0.122. The van der Waals surface area contributed by atoms with E-state index < -0.39 is 16.6 Å². The molecule has 0 saturated heterocycles. The summed E-state index contributed by atoms with van der Waals surface area (Å²) in [6, 6.07) is 11.4. The summed E-state index contributed by atoms with van der Waals surface area (Å²) in [6.07, 6.45) is 0. The van der Waals surface area contributed by atoms with Gasteiger partial charge in [-0.1, -0.05) is 29.8 Å². The number of ether oxygens (including phenoxy) is 1. The topological polar surface area (TPSA) is 55.4 Å². The Kier molecular flexibility index (Phi) is 4.64. The van der Waals surface area contributed by atoms with Crippen LogP contribution in [0, 0.1) is 0 Å². The van der Waals surface area contributed by atoms with Crippen molar-refractivity contribution in [3.05, 3.63) is 53.6 Å². The Morgan fingerprint density at radius 2 is 1.76 bits per heavy atom. The molecule has 21 heavy (non-hydrogen) atoms.